The van der Waals surface area contributed by atoms with E-state index in [1.165, 1.54) is 7.11 Å². The van der Waals surface area contributed by atoms with E-state index in [1.54, 1.807) is 24.3 Å². The number of hydrogen-bond acceptors (Lipinski definition) is 5. The van der Waals surface area contributed by atoms with Gasteiger partial charge in [-0.25, -0.2) is 4.79 Å². The van der Waals surface area contributed by atoms with Crippen LogP contribution in [-0.2, 0) is 11.3 Å². The Balaban J connectivity index is 1.79. The number of halogens is 1. The van der Waals surface area contributed by atoms with Gasteiger partial charge in [-0.2, -0.15) is 0 Å². The van der Waals surface area contributed by atoms with Gasteiger partial charge in [0.25, 0.3) is 0 Å². The maximum Gasteiger partial charge on any atom is 0.338 e. The fourth-order valence-electron chi connectivity index (χ4n) is 2.14. The molecular weight excluding hydrogens is 352 g/mol. The van der Waals surface area contributed by atoms with E-state index in [-0.39, 0.29) is 19.4 Å². The van der Waals surface area contributed by atoms with Crippen molar-refractivity contribution in [2.45, 2.75) is 6.61 Å². The number of fused-ring (bicyclic) bond motifs is 1. The van der Waals surface area contributed by atoms with E-state index < -0.39 is 0 Å². The fraction of sp³-hybridized carbons (Fsp3) is 0.188. The van der Waals surface area contributed by atoms with Crippen LogP contribution in [0.2, 0.25) is 0 Å². The van der Waals surface area contributed by atoms with Gasteiger partial charge < -0.3 is 18.9 Å². The number of esters is 1. The molecule has 0 fully saturated rings. The Morgan fingerprint density at radius 1 is 1.27 bits per heavy atom. The van der Waals surface area contributed by atoms with Gasteiger partial charge in [-0.1, -0.05) is 18.2 Å². The molecule has 114 valence electrons. The summed E-state index contributed by atoms with van der Waals surface area (Å²) in [6.45, 7) is 0.444. The van der Waals surface area contributed by atoms with Crippen LogP contribution in [0.4, 0.5) is 0 Å². The molecule has 0 saturated heterocycles. The van der Waals surface area contributed by atoms with Crippen molar-refractivity contribution in [2.24, 2.45) is 0 Å². The second kappa shape index (κ2) is 6.27. The molecule has 1 heterocycles. The molecule has 1 aliphatic rings. The topological polar surface area (TPSA) is 54.0 Å². The summed E-state index contributed by atoms with van der Waals surface area (Å²) in [5, 5.41) is 0. The molecule has 0 aliphatic carbocycles. The Hall–Kier alpha value is -2.21. The van der Waals surface area contributed by atoms with Crippen LogP contribution in [-0.4, -0.2) is 19.9 Å². The van der Waals surface area contributed by atoms with E-state index in [0.717, 1.165) is 10.0 Å². The fourth-order valence-corrected chi connectivity index (χ4v) is 2.68. The summed E-state index contributed by atoms with van der Waals surface area (Å²) in [6.07, 6.45) is 0. The smallest absolute Gasteiger partial charge is 0.338 e. The van der Waals surface area contributed by atoms with E-state index in [1.807, 2.05) is 12.1 Å². The third-order valence-corrected chi connectivity index (χ3v) is 3.81. The Morgan fingerprint density at radius 2 is 2.09 bits per heavy atom. The summed E-state index contributed by atoms with van der Waals surface area (Å²) in [5.41, 5.74) is 1.24. The standard InChI is InChI=1S/C16H13BrO5/c1-19-16(18)12-5-3-2-4-10(12)8-20-11-6-13(17)15-14(7-11)21-9-22-15/h2-7H,8-9H2,1H3. The first-order valence-electron chi connectivity index (χ1n) is 6.57. The van der Waals surface area contributed by atoms with Gasteiger partial charge in [0, 0.05) is 11.6 Å². The molecule has 0 atom stereocenters. The van der Waals surface area contributed by atoms with Gasteiger partial charge in [0.15, 0.2) is 11.5 Å². The SMILES string of the molecule is COC(=O)c1ccccc1COc1cc(Br)c2c(c1)OCO2. The Bertz CT molecular complexity index is 714. The first-order valence-corrected chi connectivity index (χ1v) is 7.36. The van der Waals surface area contributed by atoms with Gasteiger partial charge in [-0.05, 0) is 28.1 Å². The maximum atomic E-state index is 11.7. The Kier molecular flexibility index (Phi) is 4.20. The Labute approximate surface area is 135 Å². The molecule has 22 heavy (non-hydrogen) atoms. The molecule has 0 radical (unpaired) electrons. The minimum absolute atomic E-state index is 0.197. The zero-order valence-electron chi connectivity index (χ0n) is 11.8. The lowest BCUT2D eigenvalue weighted by atomic mass is 10.1. The van der Waals surface area contributed by atoms with Crippen LogP contribution in [0.15, 0.2) is 40.9 Å². The summed E-state index contributed by atoms with van der Waals surface area (Å²) in [5.74, 6) is 1.54. The molecule has 0 N–H and O–H groups in total. The van der Waals surface area contributed by atoms with Gasteiger partial charge in [0.05, 0.1) is 17.1 Å². The highest BCUT2D eigenvalue weighted by atomic mass is 79.9. The van der Waals surface area contributed by atoms with Crippen molar-refractivity contribution in [1.82, 2.24) is 0 Å². The lowest BCUT2D eigenvalue weighted by Gasteiger charge is -2.11. The summed E-state index contributed by atoms with van der Waals surface area (Å²) in [4.78, 5) is 11.7. The van der Waals surface area contributed by atoms with Crippen molar-refractivity contribution in [1.29, 1.82) is 0 Å². The summed E-state index contributed by atoms with van der Waals surface area (Å²) >= 11 is 3.41. The molecule has 0 spiro atoms. The van der Waals surface area contributed by atoms with E-state index in [0.29, 0.717) is 22.8 Å². The van der Waals surface area contributed by atoms with Gasteiger partial charge in [-0.15, -0.1) is 0 Å². The lowest BCUT2D eigenvalue weighted by Crippen LogP contribution is -2.07. The van der Waals surface area contributed by atoms with Crippen LogP contribution in [0.3, 0.4) is 0 Å². The second-order valence-electron chi connectivity index (χ2n) is 4.58. The highest BCUT2D eigenvalue weighted by molar-refractivity contribution is 9.10. The highest BCUT2D eigenvalue weighted by Crippen LogP contribution is 2.42. The van der Waals surface area contributed by atoms with Gasteiger partial charge in [-0.3, -0.25) is 0 Å². The van der Waals surface area contributed by atoms with Crippen molar-refractivity contribution in [3.8, 4) is 17.2 Å². The molecular formula is C16H13BrO5. The summed E-state index contributed by atoms with van der Waals surface area (Å²) < 4.78 is 22.0. The number of rotatable bonds is 4. The molecule has 0 aromatic heterocycles. The second-order valence-corrected chi connectivity index (χ2v) is 5.43. The average Bonchev–Trinajstić information content (AvgIpc) is 3.01. The van der Waals surface area contributed by atoms with Crippen molar-refractivity contribution >= 4 is 21.9 Å². The third-order valence-electron chi connectivity index (χ3n) is 3.22. The van der Waals surface area contributed by atoms with Gasteiger partial charge in [0.1, 0.15) is 12.4 Å². The van der Waals surface area contributed by atoms with Gasteiger partial charge in [0.2, 0.25) is 6.79 Å². The zero-order chi connectivity index (χ0) is 15.5. The number of hydrogen-bond donors (Lipinski definition) is 0. The number of carbonyl (C=O) groups is 1. The van der Waals surface area contributed by atoms with E-state index in [9.17, 15) is 4.79 Å². The molecule has 6 heteroatoms. The predicted octanol–water partition coefficient (Wildman–Crippen LogP) is 3.54. The molecule has 1 aliphatic heterocycles. The largest absolute Gasteiger partial charge is 0.489 e. The number of ether oxygens (including phenoxy) is 4. The van der Waals surface area contributed by atoms with Crippen molar-refractivity contribution < 1.29 is 23.7 Å². The first-order chi connectivity index (χ1) is 10.7. The normalized spacial score (nSPS) is 12.1. The average molecular weight is 365 g/mol. The quantitative estimate of drug-likeness (QED) is 0.776. The molecule has 0 unspecified atom stereocenters. The lowest BCUT2D eigenvalue weighted by molar-refractivity contribution is 0.0597. The van der Waals surface area contributed by atoms with E-state index in [2.05, 4.69) is 15.9 Å². The molecule has 2 aromatic rings. The van der Waals surface area contributed by atoms with Crippen molar-refractivity contribution in [2.75, 3.05) is 13.9 Å². The monoisotopic (exact) mass is 364 g/mol. The molecule has 3 rings (SSSR count). The highest BCUT2D eigenvalue weighted by Gasteiger charge is 2.19. The van der Waals surface area contributed by atoms with Crippen LogP contribution < -0.4 is 14.2 Å². The number of methoxy groups -OCH3 is 1. The molecule has 5 nitrogen and oxygen atoms in total. The van der Waals surface area contributed by atoms with Crippen LogP contribution in [0.1, 0.15) is 15.9 Å². The Morgan fingerprint density at radius 3 is 2.91 bits per heavy atom. The molecule has 0 bridgehead atoms. The van der Waals surface area contributed by atoms with Gasteiger partial charge >= 0.3 is 5.97 Å². The zero-order valence-corrected chi connectivity index (χ0v) is 13.4. The molecule has 2 aromatic carbocycles. The van der Waals surface area contributed by atoms with Crippen LogP contribution in [0, 0.1) is 0 Å². The molecule has 0 saturated carbocycles. The predicted molar refractivity (Wildman–Crippen MR) is 82.4 cm³/mol. The van der Waals surface area contributed by atoms with Crippen LogP contribution >= 0.6 is 15.9 Å². The van der Waals surface area contributed by atoms with E-state index >= 15 is 0 Å². The summed E-state index contributed by atoms with van der Waals surface area (Å²) in [6, 6.07) is 10.7. The minimum Gasteiger partial charge on any atom is -0.489 e. The van der Waals surface area contributed by atoms with Crippen LogP contribution in [0.25, 0.3) is 0 Å². The van der Waals surface area contributed by atoms with Crippen LogP contribution in [0.5, 0.6) is 17.2 Å². The first kappa shape index (κ1) is 14.7. The molecule has 0 amide bonds. The van der Waals surface area contributed by atoms with Crippen molar-refractivity contribution in [3.05, 3.63) is 52.0 Å². The number of carbonyl (C=O) groups excluding carboxylic acids is 1. The van der Waals surface area contributed by atoms with E-state index in [4.69, 9.17) is 18.9 Å². The third kappa shape index (κ3) is 2.87. The van der Waals surface area contributed by atoms with Crippen molar-refractivity contribution in [3.63, 3.8) is 0 Å². The minimum atomic E-state index is -0.383. The summed E-state index contributed by atoms with van der Waals surface area (Å²) in [7, 11) is 1.36. The maximum absolute atomic E-state index is 11.7. The number of benzene rings is 2.